The van der Waals surface area contributed by atoms with Crippen LogP contribution in [0.15, 0.2) is 72.6 Å². The molecule has 0 atom stereocenters. The molecular formula is C18H17N3O. The molecule has 0 aliphatic carbocycles. The van der Waals surface area contributed by atoms with Crippen molar-refractivity contribution in [3.05, 3.63) is 78.2 Å². The predicted molar refractivity (Wildman–Crippen MR) is 87.6 cm³/mol. The van der Waals surface area contributed by atoms with Crippen molar-refractivity contribution in [1.82, 2.24) is 4.90 Å². The van der Waals surface area contributed by atoms with Crippen molar-refractivity contribution in [3.8, 4) is 6.07 Å². The highest BCUT2D eigenvalue weighted by molar-refractivity contribution is 6.07. The van der Waals surface area contributed by atoms with Gasteiger partial charge in [-0.25, -0.2) is 0 Å². The SMILES string of the molecule is C=CCN1C=CC=C/C1=C(/C#N)C(=O)Nc1ccccc1C. The van der Waals surface area contributed by atoms with E-state index in [1.165, 1.54) is 0 Å². The van der Waals surface area contributed by atoms with Gasteiger partial charge in [0.15, 0.2) is 0 Å². The van der Waals surface area contributed by atoms with Crippen LogP contribution in [0.25, 0.3) is 0 Å². The molecule has 110 valence electrons. The summed E-state index contributed by atoms with van der Waals surface area (Å²) in [5.74, 6) is -0.416. The number of anilines is 1. The van der Waals surface area contributed by atoms with Gasteiger partial charge in [0, 0.05) is 18.4 Å². The Hall–Kier alpha value is -3.06. The summed E-state index contributed by atoms with van der Waals surface area (Å²) in [7, 11) is 0. The molecule has 0 bridgehead atoms. The third-order valence-electron chi connectivity index (χ3n) is 3.25. The van der Waals surface area contributed by atoms with Crippen molar-refractivity contribution in [1.29, 1.82) is 5.26 Å². The fourth-order valence-electron chi connectivity index (χ4n) is 2.12. The molecule has 0 radical (unpaired) electrons. The number of hydrogen-bond acceptors (Lipinski definition) is 3. The number of allylic oxidation sites excluding steroid dienone is 3. The number of amides is 1. The number of aryl methyl sites for hydroxylation is 1. The van der Waals surface area contributed by atoms with E-state index in [1.54, 1.807) is 18.2 Å². The van der Waals surface area contributed by atoms with E-state index >= 15 is 0 Å². The summed E-state index contributed by atoms with van der Waals surface area (Å²) in [6.45, 7) is 6.12. The van der Waals surface area contributed by atoms with Crippen LogP contribution >= 0.6 is 0 Å². The Balaban J connectivity index is 2.32. The van der Waals surface area contributed by atoms with Gasteiger partial charge < -0.3 is 10.2 Å². The molecule has 4 heteroatoms. The number of nitrogens with one attached hydrogen (secondary N) is 1. The summed E-state index contributed by atoms with van der Waals surface area (Å²) in [6, 6.07) is 9.46. The lowest BCUT2D eigenvalue weighted by molar-refractivity contribution is -0.112. The maximum atomic E-state index is 12.4. The molecule has 4 nitrogen and oxygen atoms in total. The van der Waals surface area contributed by atoms with Crippen molar-refractivity contribution in [2.24, 2.45) is 0 Å². The minimum atomic E-state index is -0.416. The first-order valence-electron chi connectivity index (χ1n) is 6.91. The Bertz CT molecular complexity index is 720. The van der Waals surface area contributed by atoms with Crippen molar-refractivity contribution in [2.75, 3.05) is 11.9 Å². The van der Waals surface area contributed by atoms with Gasteiger partial charge in [0.05, 0.1) is 5.70 Å². The van der Waals surface area contributed by atoms with Crippen LogP contribution in [0, 0.1) is 18.3 Å². The van der Waals surface area contributed by atoms with E-state index in [0.29, 0.717) is 17.9 Å². The van der Waals surface area contributed by atoms with Crippen LogP contribution < -0.4 is 5.32 Å². The third kappa shape index (κ3) is 3.33. The highest BCUT2D eigenvalue weighted by Crippen LogP contribution is 2.19. The minimum Gasteiger partial charge on any atom is -0.343 e. The zero-order valence-corrected chi connectivity index (χ0v) is 12.4. The fourth-order valence-corrected chi connectivity index (χ4v) is 2.12. The number of para-hydroxylation sites is 1. The molecule has 1 aromatic rings. The van der Waals surface area contributed by atoms with Crippen molar-refractivity contribution >= 4 is 11.6 Å². The van der Waals surface area contributed by atoms with Crippen molar-refractivity contribution in [3.63, 3.8) is 0 Å². The van der Waals surface area contributed by atoms with Crippen molar-refractivity contribution < 1.29 is 4.79 Å². The molecule has 0 fully saturated rings. The lowest BCUT2D eigenvalue weighted by atomic mass is 10.1. The number of carbonyl (C=O) groups excluding carboxylic acids is 1. The predicted octanol–water partition coefficient (Wildman–Crippen LogP) is 3.28. The number of benzene rings is 1. The minimum absolute atomic E-state index is 0.0747. The van der Waals surface area contributed by atoms with Gasteiger partial charge in [0.1, 0.15) is 11.6 Å². The Kier molecular flexibility index (Phi) is 4.94. The third-order valence-corrected chi connectivity index (χ3v) is 3.25. The summed E-state index contributed by atoms with van der Waals surface area (Å²) in [4.78, 5) is 14.3. The zero-order valence-electron chi connectivity index (χ0n) is 12.4. The number of nitriles is 1. The van der Waals surface area contributed by atoms with Gasteiger partial charge in [-0.15, -0.1) is 6.58 Å². The Morgan fingerprint density at radius 3 is 2.86 bits per heavy atom. The van der Waals surface area contributed by atoms with Crippen LogP contribution in [0.1, 0.15) is 5.56 Å². The zero-order chi connectivity index (χ0) is 15.9. The van der Waals surface area contributed by atoms with E-state index in [9.17, 15) is 10.1 Å². The van der Waals surface area contributed by atoms with E-state index in [0.717, 1.165) is 5.56 Å². The fraction of sp³-hybridized carbons (Fsp3) is 0.111. The summed E-state index contributed by atoms with van der Waals surface area (Å²) >= 11 is 0. The monoisotopic (exact) mass is 291 g/mol. The van der Waals surface area contributed by atoms with Gasteiger partial charge in [-0.3, -0.25) is 4.79 Å². The summed E-state index contributed by atoms with van der Waals surface area (Å²) in [5.41, 5.74) is 2.29. The molecule has 1 N–H and O–H groups in total. The number of nitrogens with zero attached hydrogens (tertiary/aromatic N) is 2. The molecule has 1 amide bonds. The first-order chi connectivity index (χ1) is 10.7. The lowest BCUT2D eigenvalue weighted by Crippen LogP contribution is -2.24. The average Bonchev–Trinajstić information content (AvgIpc) is 2.52. The summed E-state index contributed by atoms with van der Waals surface area (Å²) in [6.07, 6.45) is 8.93. The molecule has 1 aliphatic heterocycles. The topological polar surface area (TPSA) is 56.1 Å². The number of carbonyl (C=O) groups is 1. The highest BCUT2D eigenvalue weighted by Gasteiger charge is 2.19. The van der Waals surface area contributed by atoms with Crippen LogP contribution in [0.4, 0.5) is 5.69 Å². The van der Waals surface area contributed by atoms with Crippen LogP contribution in [-0.2, 0) is 4.79 Å². The highest BCUT2D eigenvalue weighted by atomic mass is 16.1. The van der Waals surface area contributed by atoms with Crippen LogP contribution in [0.2, 0.25) is 0 Å². The number of rotatable bonds is 4. The first kappa shape index (κ1) is 15.3. The van der Waals surface area contributed by atoms with Crippen LogP contribution in [0.3, 0.4) is 0 Å². The molecule has 0 spiro atoms. The second-order valence-electron chi connectivity index (χ2n) is 4.78. The van der Waals surface area contributed by atoms with E-state index < -0.39 is 5.91 Å². The van der Waals surface area contributed by atoms with Gasteiger partial charge in [-0.05, 0) is 30.7 Å². The molecule has 0 aromatic heterocycles. The van der Waals surface area contributed by atoms with Crippen LogP contribution in [-0.4, -0.2) is 17.4 Å². The Morgan fingerprint density at radius 1 is 1.41 bits per heavy atom. The normalized spacial score (nSPS) is 15.2. The lowest BCUT2D eigenvalue weighted by Gasteiger charge is -2.23. The standard InChI is InChI=1S/C18H17N3O/c1-3-11-21-12-7-6-10-17(21)15(13-19)18(22)20-16-9-5-4-8-14(16)2/h3-10,12H,1,11H2,2H3,(H,20,22)/b17-15+. The largest absolute Gasteiger partial charge is 0.343 e. The molecule has 22 heavy (non-hydrogen) atoms. The summed E-state index contributed by atoms with van der Waals surface area (Å²) < 4.78 is 0. The Labute approximate surface area is 130 Å². The van der Waals surface area contributed by atoms with E-state index in [2.05, 4.69) is 11.9 Å². The van der Waals surface area contributed by atoms with Crippen LogP contribution in [0.5, 0.6) is 0 Å². The molecule has 0 saturated heterocycles. The van der Waals surface area contributed by atoms with Gasteiger partial charge in [0.2, 0.25) is 0 Å². The maximum Gasteiger partial charge on any atom is 0.268 e. The van der Waals surface area contributed by atoms with Crippen molar-refractivity contribution in [2.45, 2.75) is 6.92 Å². The van der Waals surface area contributed by atoms with E-state index in [4.69, 9.17) is 0 Å². The molecule has 0 saturated carbocycles. The molecule has 1 aliphatic rings. The molecule has 0 unspecified atom stereocenters. The Morgan fingerprint density at radius 2 is 2.18 bits per heavy atom. The molecule has 1 heterocycles. The van der Waals surface area contributed by atoms with E-state index in [1.807, 2.05) is 54.4 Å². The number of hydrogen-bond donors (Lipinski definition) is 1. The maximum absolute atomic E-state index is 12.4. The summed E-state index contributed by atoms with van der Waals surface area (Å²) in [5, 5.41) is 12.2. The smallest absolute Gasteiger partial charge is 0.268 e. The van der Waals surface area contributed by atoms with Gasteiger partial charge >= 0.3 is 0 Å². The molecule has 2 rings (SSSR count). The second kappa shape index (κ2) is 7.09. The first-order valence-corrected chi connectivity index (χ1v) is 6.91. The second-order valence-corrected chi connectivity index (χ2v) is 4.78. The molecule has 1 aromatic carbocycles. The average molecular weight is 291 g/mol. The molecular weight excluding hydrogens is 274 g/mol. The quantitative estimate of drug-likeness (QED) is 0.526. The van der Waals surface area contributed by atoms with E-state index in [-0.39, 0.29) is 5.57 Å². The van der Waals surface area contributed by atoms with Gasteiger partial charge in [0.25, 0.3) is 5.91 Å². The van der Waals surface area contributed by atoms with Gasteiger partial charge in [-0.1, -0.05) is 30.4 Å². The van der Waals surface area contributed by atoms with Gasteiger partial charge in [-0.2, -0.15) is 5.26 Å².